The van der Waals surface area contributed by atoms with Crippen LogP contribution in [0.4, 0.5) is 11.4 Å². The fourth-order valence-electron chi connectivity index (χ4n) is 4.25. The van der Waals surface area contributed by atoms with Crippen molar-refractivity contribution < 1.29 is 18.9 Å². The number of benzene rings is 3. The van der Waals surface area contributed by atoms with Crippen LogP contribution < -0.4 is 18.9 Å². The molecular weight excluding hydrogens is 419 g/mol. The topological polar surface area (TPSA) is 24.7 Å². The monoisotopic (exact) mass is 458 g/mol. The van der Waals surface area contributed by atoms with E-state index in [-0.39, 0.29) is 18.9 Å². The van der Waals surface area contributed by atoms with E-state index in [0.717, 1.165) is 22.5 Å². The Labute approximate surface area is 225 Å². The van der Waals surface area contributed by atoms with Crippen LogP contribution in [-0.2, 0) is 0 Å². The van der Waals surface area contributed by atoms with Gasteiger partial charge in [0.05, 0.1) is 11.4 Å². The molecule has 0 unspecified atom stereocenters. The molecule has 0 atom stereocenters. The minimum absolute atomic E-state index is 0. The molecule has 178 valence electrons. The van der Waals surface area contributed by atoms with Gasteiger partial charge in [-0.3, -0.25) is 9.98 Å². The molecule has 0 fully saturated rings. The van der Waals surface area contributed by atoms with Crippen molar-refractivity contribution >= 4 is 23.8 Å². The minimum Gasteiger partial charge on any atom is -0.294 e. The Balaban J connectivity index is 0.00000432. The van der Waals surface area contributed by atoms with Gasteiger partial charge in [-0.1, -0.05) is 91.8 Å². The van der Waals surface area contributed by atoms with Crippen LogP contribution in [0.3, 0.4) is 0 Å². The summed E-state index contributed by atoms with van der Waals surface area (Å²) in [7, 11) is 0. The van der Waals surface area contributed by atoms with E-state index < -0.39 is 0 Å². The molecule has 0 bridgehead atoms. The first kappa shape index (κ1) is 28.8. The minimum atomic E-state index is 0. The van der Waals surface area contributed by atoms with Gasteiger partial charge in [-0.05, 0) is 58.4 Å². The van der Waals surface area contributed by atoms with Gasteiger partial charge in [0.25, 0.3) is 0 Å². The molecule has 3 aromatic rings. The summed E-state index contributed by atoms with van der Waals surface area (Å²) in [4.78, 5) is 9.90. The summed E-state index contributed by atoms with van der Waals surface area (Å²) >= 11 is 0. The van der Waals surface area contributed by atoms with Crippen LogP contribution >= 0.6 is 0 Å². The van der Waals surface area contributed by atoms with Gasteiger partial charge in [-0.25, -0.2) is 0 Å². The molecule has 0 spiro atoms. The van der Waals surface area contributed by atoms with Crippen LogP contribution in [0.15, 0.2) is 64.6 Å². The average molecular weight is 459 g/mol. The molecule has 2 nitrogen and oxygen atoms in total. The second kappa shape index (κ2) is 13.1. The molecule has 0 saturated carbocycles. The maximum absolute atomic E-state index is 4.95. The Morgan fingerprint density at radius 1 is 0.514 bits per heavy atom. The molecule has 0 aliphatic carbocycles. The number of para-hydroxylation sites is 2. The maximum Gasteiger partial charge on any atom is 1.00 e. The first-order valence-electron chi connectivity index (χ1n) is 12.5. The predicted octanol–water partition coefficient (Wildman–Crippen LogP) is 6.49. The van der Waals surface area contributed by atoms with E-state index >= 15 is 0 Å². The molecule has 0 aliphatic rings. The summed E-state index contributed by atoms with van der Waals surface area (Å²) in [6.45, 7) is 17.8. The maximum atomic E-state index is 4.95. The van der Waals surface area contributed by atoms with Crippen molar-refractivity contribution in [3.05, 3.63) is 94.0 Å². The normalized spacial score (nSPS) is 12.0. The molecule has 0 N–H and O–H groups in total. The van der Waals surface area contributed by atoms with Gasteiger partial charge in [0.1, 0.15) is 0 Å². The third kappa shape index (κ3) is 7.30. The van der Waals surface area contributed by atoms with Crippen molar-refractivity contribution in [3.8, 4) is 0 Å². The van der Waals surface area contributed by atoms with Crippen LogP contribution in [0, 0.1) is 6.07 Å². The zero-order chi connectivity index (χ0) is 24.8. The van der Waals surface area contributed by atoms with E-state index in [4.69, 9.17) is 9.98 Å². The quantitative estimate of drug-likeness (QED) is 0.210. The molecule has 0 saturated heterocycles. The summed E-state index contributed by atoms with van der Waals surface area (Å²) in [5.41, 5.74) is 9.23. The van der Waals surface area contributed by atoms with Gasteiger partial charge in [0.15, 0.2) is 0 Å². The molecule has 35 heavy (non-hydrogen) atoms. The molecule has 3 rings (SSSR count). The van der Waals surface area contributed by atoms with Gasteiger partial charge in [-0.15, -0.1) is 35.4 Å². The fourth-order valence-corrected chi connectivity index (χ4v) is 4.25. The van der Waals surface area contributed by atoms with E-state index in [2.05, 4.69) is 116 Å². The number of aliphatic imine (C=N–C) groups is 2. The van der Waals surface area contributed by atoms with E-state index in [0.29, 0.717) is 23.7 Å². The van der Waals surface area contributed by atoms with Crippen LogP contribution in [-0.4, -0.2) is 12.4 Å². The van der Waals surface area contributed by atoms with E-state index in [1.54, 1.807) is 0 Å². The SMILES string of the molecule is CC(C)c1cccc(C(C)C)c1N=Cc1[c-]c(C=Nc2c(C(C)C)cccc2C(C)C)ccc1.[Li+]. The van der Waals surface area contributed by atoms with Crippen LogP contribution in [0.5, 0.6) is 0 Å². The zero-order valence-electron chi connectivity index (χ0n) is 23.1. The van der Waals surface area contributed by atoms with Crippen molar-refractivity contribution in [2.75, 3.05) is 0 Å². The average Bonchev–Trinajstić information content (AvgIpc) is 2.80. The summed E-state index contributed by atoms with van der Waals surface area (Å²) in [5, 5.41) is 0. The Kier molecular flexibility index (Phi) is 10.8. The van der Waals surface area contributed by atoms with Crippen molar-refractivity contribution in [2.45, 2.75) is 79.1 Å². The Morgan fingerprint density at radius 3 is 1.09 bits per heavy atom. The standard InChI is InChI=1S/C32H39N2.Li/c1-21(2)27-14-10-15-28(22(3)4)31(27)33-19-25-12-9-13-26(18-25)20-34-32-29(23(5)6)16-11-17-30(32)24(7)8;/h9-17,19-24H,1-8H3;/q-1;+1. The summed E-state index contributed by atoms with van der Waals surface area (Å²) < 4.78 is 0. The molecule has 0 heterocycles. The van der Waals surface area contributed by atoms with Gasteiger partial charge in [0.2, 0.25) is 0 Å². The van der Waals surface area contributed by atoms with E-state index in [1.807, 2.05) is 12.4 Å². The third-order valence-electron chi connectivity index (χ3n) is 6.19. The van der Waals surface area contributed by atoms with Crippen molar-refractivity contribution in [3.63, 3.8) is 0 Å². The number of rotatable bonds is 8. The van der Waals surface area contributed by atoms with E-state index in [9.17, 15) is 0 Å². The molecule has 0 amide bonds. The molecule has 0 aliphatic heterocycles. The number of hydrogen-bond donors (Lipinski definition) is 0. The van der Waals surface area contributed by atoms with Gasteiger partial charge >= 0.3 is 18.9 Å². The summed E-state index contributed by atoms with van der Waals surface area (Å²) in [6.07, 6.45) is 3.87. The molecule has 0 aromatic heterocycles. The molecule has 3 aromatic carbocycles. The van der Waals surface area contributed by atoms with Gasteiger partial charge in [0, 0.05) is 0 Å². The summed E-state index contributed by atoms with van der Waals surface area (Å²) in [5.74, 6) is 1.68. The Hall–Kier alpha value is -2.40. The Morgan fingerprint density at radius 2 is 0.800 bits per heavy atom. The summed E-state index contributed by atoms with van der Waals surface area (Å²) in [6, 6.07) is 22.7. The van der Waals surface area contributed by atoms with Crippen LogP contribution in [0.1, 0.15) is 112 Å². The largest absolute Gasteiger partial charge is 1.00 e. The van der Waals surface area contributed by atoms with Crippen molar-refractivity contribution in [1.29, 1.82) is 0 Å². The second-order valence-corrected chi connectivity index (χ2v) is 10.3. The number of hydrogen-bond acceptors (Lipinski definition) is 2. The third-order valence-corrected chi connectivity index (χ3v) is 6.19. The Bertz CT molecular complexity index is 1030. The zero-order valence-corrected chi connectivity index (χ0v) is 23.1. The van der Waals surface area contributed by atoms with Crippen molar-refractivity contribution in [2.24, 2.45) is 9.98 Å². The van der Waals surface area contributed by atoms with E-state index in [1.165, 1.54) is 22.3 Å². The first-order valence-corrected chi connectivity index (χ1v) is 12.5. The smallest absolute Gasteiger partial charge is 0.294 e. The van der Waals surface area contributed by atoms with Crippen LogP contribution in [0.2, 0.25) is 0 Å². The molecular formula is C32H39LiN2. The predicted molar refractivity (Wildman–Crippen MR) is 149 cm³/mol. The fraction of sp³-hybridized carbons (Fsp3) is 0.375. The first-order chi connectivity index (χ1) is 16.2. The number of nitrogens with zero attached hydrogens (tertiary/aromatic N) is 2. The van der Waals surface area contributed by atoms with Crippen LogP contribution in [0.25, 0.3) is 0 Å². The van der Waals surface area contributed by atoms with Gasteiger partial charge in [-0.2, -0.15) is 0 Å². The second-order valence-electron chi connectivity index (χ2n) is 10.3. The molecule has 0 radical (unpaired) electrons. The molecule has 3 heteroatoms. The van der Waals surface area contributed by atoms with Crippen molar-refractivity contribution in [1.82, 2.24) is 0 Å². The van der Waals surface area contributed by atoms with Gasteiger partial charge < -0.3 is 0 Å².